The number of halogens is 2. The fourth-order valence-electron chi connectivity index (χ4n) is 1.77. The number of carbonyl (C=O) groups excluding carboxylic acids is 1. The first-order valence-electron chi connectivity index (χ1n) is 5.94. The van der Waals surface area contributed by atoms with Crippen LogP contribution in [0.5, 0.6) is 0 Å². The molecule has 0 unspecified atom stereocenters. The smallest absolute Gasteiger partial charge is 0.230 e. The van der Waals surface area contributed by atoms with E-state index in [4.69, 9.17) is 23.2 Å². The minimum atomic E-state index is 0.0374. The highest BCUT2D eigenvalue weighted by Crippen LogP contribution is 2.34. The van der Waals surface area contributed by atoms with Crippen molar-refractivity contribution in [2.45, 2.75) is 30.7 Å². The highest BCUT2D eigenvalue weighted by atomic mass is 35.5. The van der Waals surface area contributed by atoms with Crippen LogP contribution in [0.1, 0.15) is 19.8 Å². The predicted octanol–water partition coefficient (Wildman–Crippen LogP) is 4.00. The second-order valence-electron chi connectivity index (χ2n) is 4.53. The molecule has 1 atom stereocenters. The summed E-state index contributed by atoms with van der Waals surface area (Å²) in [7, 11) is 0. The molecule has 0 bridgehead atoms. The number of hydrogen-bond donors (Lipinski definition) is 1. The molecule has 0 radical (unpaired) electrons. The molecule has 1 saturated carbocycles. The Labute approximate surface area is 121 Å². The molecule has 0 aliphatic heterocycles. The maximum Gasteiger partial charge on any atom is 0.230 e. The Kier molecular flexibility index (Phi) is 4.82. The van der Waals surface area contributed by atoms with Gasteiger partial charge < -0.3 is 5.32 Å². The van der Waals surface area contributed by atoms with Crippen LogP contribution in [-0.4, -0.2) is 17.7 Å². The van der Waals surface area contributed by atoms with E-state index in [1.807, 2.05) is 0 Å². The van der Waals surface area contributed by atoms with E-state index in [0.717, 1.165) is 4.90 Å². The highest BCUT2D eigenvalue weighted by Gasteiger charge is 2.28. The van der Waals surface area contributed by atoms with Gasteiger partial charge in [0.1, 0.15) is 0 Å². The van der Waals surface area contributed by atoms with E-state index < -0.39 is 0 Å². The summed E-state index contributed by atoms with van der Waals surface area (Å²) in [5.74, 6) is 1.05. The van der Waals surface area contributed by atoms with Gasteiger partial charge >= 0.3 is 0 Å². The molecule has 0 heterocycles. The van der Waals surface area contributed by atoms with Gasteiger partial charge in [0.05, 0.1) is 15.8 Å². The molecule has 1 aliphatic carbocycles. The first-order chi connectivity index (χ1) is 8.58. The fourth-order valence-corrected chi connectivity index (χ4v) is 3.26. The molecule has 5 heteroatoms. The SMILES string of the molecule is C[C@@H](NC(=O)CSc1c(Cl)cccc1Cl)C1CC1. The van der Waals surface area contributed by atoms with Crippen molar-refractivity contribution in [1.29, 1.82) is 0 Å². The first kappa shape index (κ1) is 14.0. The van der Waals surface area contributed by atoms with E-state index >= 15 is 0 Å². The molecule has 0 spiro atoms. The molecule has 1 N–H and O–H groups in total. The van der Waals surface area contributed by atoms with Crippen LogP contribution >= 0.6 is 35.0 Å². The summed E-state index contributed by atoms with van der Waals surface area (Å²) < 4.78 is 0. The van der Waals surface area contributed by atoms with Gasteiger partial charge in [-0.2, -0.15) is 0 Å². The monoisotopic (exact) mass is 303 g/mol. The van der Waals surface area contributed by atoms with Gasteiger partial charge in [-0.25, -0.2) is 0 Å². The Hall–Kier alpha value is -0.380. The Morgan fingerprint density at radius 3 is 2.61 bits per heavy atom. The lowest BCUT2D eigenvalue weighted by Crippen LogP contribution is -2.35. The van der Waals surface area contributed by atoms with E-state index in [2.05, 4.69) is 12.2 Å². The van der Waals surface area contributed by atoms with E-state index in [1.165, 1.54) is 24.6 Å². The van der Waals surface area contributed by atoms with Crippen LogP contribution in [0.15, 0.2) is 23.1 Å². The molecule has 18 heavy (non-hydrogen) atoms. The Bertz CT molecular complexity index is 428. The van der Waals surface area contributed by atoms with Crippen molar-refractivity contribution in [1.82, 2.24) is 5.32 Å². The highest BCUT2D eigenvalue weighted by molar-refractivity contribution is 8.00. The molecule has 1 fully saturated rings. The fraction of sp³-hybridized carbons (Fsp3) is 0.462. The van der Waals surface area contributed by atoms with Gasteiger partial charge in [-0.1, -0.05) is 29.3 Å². The summed E-state index contributed by atoms with van der Waals surface area (Å²) in [6.07, 6.45) is 2.45. The van der Waals surface area contributed by atoms with Crippen molar-refractivity contribution >= 4 is 40.9 Å². The standard InChI is InChI=1S/C13H15Cl2NOS/c1-8(9-5-6-9)16-12(17)7-18-13-10(14)3-2-4-11(13)15/h2-4,8-9H,5-7H2,1H3,(H,16,17)/t8-/m1/s1. The zero-order valence-electron chi connectivity index (χ0n) is 10.1. The largest absolute Gasteiger partial charge is 0.353 e. The summed E-state index contributed by atoms with van der Waals surface area (Å²) in [4.78, 5) is 12.5. The van der Waals surface area contributed by atoms with Crippen LogP contribution in [0.25, 0.3) is 0 Å². The van der Waals surface area contributed by atoms with Crippen molar-refractivity contribution < 1.29 is 4.79 Å². The summed E-state index contributed by atoms with van der Waals surface area (Å²) >= 11 is 13.5. The molecule has 1 aromatic rings. The van der Waals surface area contributed by atoms with Gasteiger partial charge in [-0.15, -0.1) is 11.8 Å². The zero-order chi connectivity index (χ0) is 13.1. The maximum atomic E-state index is 11.8. The Morgan fingerprint density at radius 2 is 2.06 bits per heavy atom. The van der Waals surface area contributed by atoms with Crippen LogP contribution < -0.4 is 5.32 Å². The van der Waals surface area contributed by atoms with Crippen molar-refractivity contribution in [2.24, 2.45) is 5.92 Å². The molecule has 98 valence electrons. The molecule has 1 aliphatic rings. The number of amides is 1. The lowest BCUT2D eigenvalue weighted by atomic mass is 10.2. The van der Waals surface area contributed by atoms with Gasteiger partial charge in [-0.3, -0.25) is 4.79 Å². The average Bonchev–Trinajstić information content (AvgIpc) is 3.12. The van der Waals surface area contributed by atoms with E-state index in [9.17, 15) is 4.79 Å². The second-order valence-corrected chi connectivity index (χ2v) is 6.33. The summed E-state index contributed by atoms with van der Waals surface area (Å²) in [6, 6.07) is 5.63. The number of thioether (sulfide) groups is 1. The lowest BCUT2D eigenvalue weighted by Gasteiger charge is -2.13. The van der Waals surface area contributed by atoms with Crippen LogP contribution in [-0.2, 0) is 4.79 Å². The minimum Gasteiger partial charge on any atom is -0.353 e. The first-order valence-corrected chi connectivity index (χ1v) is 7.68. The molecular formula is C13H15Cl2NOS. The van der Waals surface area contributed by atoms with E-state index in [0.29, 0.717) is 21.7 Å². The average molecular weight is 304 g/mol. The number of rotatable bonds is 5. The van der Waals surface area contributed by atoms with E-state index in [1.54, 1.807) is 18.2 Å². The van der Waals surface area contributed by atoms with Crippen molar-refractivity contribution in [2.75, 3.05) is 5.75 Å². The number of carbonyl (C=O) groups is 1. The van der Waals surface area contributed by atoms with Gasteiger partial charge in [0.25, 0.3) is 0 Å². The summed E-state index contributed by atoms with van der Waals surface area (Å²) in [5.41, 5.74) is 0. The van der Waals surface area contributed by atoms with Crippen LogP contribution in [0.4, 0.5) is 0 Å². The van der Waals surface area contributed by atoms with Gasteiger partial charge in [0.2, 0.25) is 5.91 Å². The van der Waals surface area contributed by atoms with Crippen LogP contribution in [0.3, 0.4) is 0 Å². The third-order valence-corrected chi connectivity index (χ3v) is 4.97. The molecule has 1 aromatic carbocycles. The predicted molar refractivity (Wildman–Crippen MR) is 77.5 cm³/mol. The number of nitrogens with one attached hydrogen (secondary N) is 1. The number of hydrogen-bond acceptors (Lipinski definition) is 2. The normalized spacial score (nSPS) is 16.4. The van der Waals surface area contributed by atoms with E-state index in [-0.39, 0.29) is 11.9 Å². The third-order valence-electron chi connectivity index (χ3n) is 2.98. The lowest BCUT2D eigenvalue weighted by molar-refractivity contribution is -0.119. The summed E-state index contributed by atoms with van der Waals surface area (Å²) in [5, 5.41) is 4.19. The van der Waals surface area contributed by atoms with Crippen molar-refractivity contribution in [3.05, 3.63) is 28.2 Å². The van der Waals surface area contributed by atoms with Crippen LogP contribution in [0.2, 0.25) is 10.0 Å². The van der Waals surface area contributed by atoms with Crippen LogP contribution in [0, 0.1) is 5.92 Å². The third kappa shape index (κ3) is 3.81. The maximum absolute atomic E-state index is 11.8. The van der Waals surface area contributed by atoms with Gasteiger partial charge in [0, 0.05) is 10.9 Å². The van der Waals surface area contributed by atoms with Gasteiger partial charge in [0.15, 0.2) is 0 Å². The second kappa shape index (κ2) is 6.18. The molecule has 0 saturated heterocycles. The molecule has 0 aromatic heterocycles. The topological polar surface area (TPSA) is 29.1 Å². The quantitative estimate of drug-likeness (QED) is 0.833. The van der Waals surface area contributed by atoms with Crippen molar-refractivity contribution in [3.63, 3.8) is 0 Å². The molecule has 1 amide bonds. The molecular weight excluding hydrogens is 289 g/mol. The molecule has 2 rings (SSSR count). The summed E-state index contributed by atoms with van der Waals surface area (Å²) in [6.45, 7) is 2.06. The minimum absolute atomic E-state index is 0.0374. The Morgan fingerprint density at radius 1 is 1.44 bits per heavy atom. The number of benzene rings is 1. The zero-order valence-corrected chi connectivity index (χ0v) is 12.4. The molecule has 2 nitrogen and oxygen atoms in total. The van der Waals surface area contributed by atoms with Crippen molar-refractivity contribution in [3.8, 4) is 0 Å². The van der Waals surface area contributed by atoms with Gasteiger partial charge in [-0.05, 0) is 37.8 Å². The Balaban J connectivity index is 1.85.